The fourth-order valence-electron chi connectivity index (χ4n) is 4.22. The second-order valence-electron chi connectivity index (χ2n) is 7.63. The van der Waals surface area contributed by atoms with Gasteiger partial charge in [0.15, 0.2) is 7.14 Å². The Morgan fingerprint density at radius 1 is 0.625 bits per heavy atom. The molecule has 5 aromatic rings. The lowest BCUT2D eigenvalue weighted by Crippen LogP contribution is -2.27. The number of hydrogen-bond acceptors (Lipinski definition) is 2. The van der Waals surface area contributed by atoms with E-state index in [1.807, 2.05) is 91.0 Å². The maximum absolute atomic E-state index is 15.3. The summed E-state index contributed by atoms with van der Waals surface area (Å²) in [4.78, 5) is 0. The second-order valence-corrected chi connectivity index (χ2v) is 10.8. The molecule has 32 heavy (non-hydrogen) atoms. The summed E-state index contributed by atoms with van der Waals surface area (Å²) in [6.07, 6.45) is 0. The summed E-state index contributed by atoms with van der Waals surface area (Å²) in [5.41, 5.74) is 1.61. The Bertz CT molecular complexity index is 1410. The van der Waals surface area contributed by atoms with E-state index in [0.29, 0.717) is 21.1 Å². The molecule has 0 aliphatic heterocycles. The van der Waals surface area contributed by atoms with Gasteiger partial charge in [-0.25, -0.2) is 0 Å². The van der Waals surface area contributed by atoms with E-state index in [1.165, 1.54) is 0 Å². The first-order chi connectivity index (χ1) is 15.6. The van der Waals surface area contributed by atoms with Crippen LogP contribution < -0.4 is 15.9 Å². The van der Waals surface area contributed by atoms with Gasteiger partial charge < -0.3 is 9.67 Å². The van der Waals surface area contributed by atoms with Gasteiger partial charge in [-0.05, 0) is 40.8 Å². The molecule has 156 valence electrons. The molecule has 1 N–H and O–H groups in total. The minimum Gasteiger partial charge on any atom is -0.507 e. The van der Waals surface area contributed by atoms with E-state index >= 15 is 4.57 Å². The Labute approximate surface area is 192 Å². The Balaban J connectivity index is 2.00. The summed E-state index contributed by atoms with van der Waals surface area (Å²) in [5, 5.41) is 14.9. The van der Waals surface area contributed by atoms with Crippen molar-refractivity contribution in [3.05, 3.63) is 120 Å². The molecule has 0 aromatic heterocycles. The second kappa shape index (κ2) is 8.31. The molecule has 0 saturated heterocycles. The van der Waals surface area contributed by atoms with Crippen molar-refractivity contribution in [1.29, 1.82) is 0 Å². The van der Waals surface area contributed by atoms with Crippen molar-refractivity contribution in [3.8, 4) is 16.9 Å². The first-order valence-electron chi connectivity index (χ1n) is 10.3. The number of hydrogen-bond donors (Lipinski definition) is 1. The molecule has 0 atom stereocenters. The molecule has 0 fully saturated rings. The minimum absolute atomic E-state index is 0.131. The third kappa shape index (κ3) is 3.42. The van der Waals surface area contributed by atoms with E-state index in [9.17, 15) is 5.11 Å². The molecular weight excluding hydrogens is 435 g/mol. The van der Waals surface area contributed by atoms with E-state index < -0.39 is 7.14 Å². The molecule has 2 nitrogen and oxygen atoms in total. The molecule has 0 bridgehead atoms. The lowest BCUT2D eigenvalue weighted by Gasteiger charge is -2.25. The molecule has 0 spiro atoms. The maximum Gasteiger partial charge on any atom is 0.172 e. The molecule has 0 amide bonds. The van der Waals surface area contributed by atoms with Crippen LogP contribution in [0.2, 0.25) is 5.02 Å². The van der Waals surface area contributed by atoms with Gasteiger partial charge in [0.1, 0.15) is 5.75 Å². The quantitative estimate of drug-likeness (QED) is 0.314. The number of fused-ring (bicyclic) bond motifs is 1. The van der Waals surface area contributed by atoms with Crippen molar-refractivity contribution in [3.63, 3.8) is 0 Å². The van der Waals surface area contributed by atoms with Gasteiger partial charge in [0.25, 0.3) is 0 Å². The number of benzene rings is 5. The average molecular weight is 455 g/mol. The molecule has 4 heteroatoms. The zero-order chi connectivity index (χ0) is 22.1. The summed E-state index contributed by atoms with van der Waals surface area (Å²) in [6.45, 7) is 0. The van der Waals surface area contributed by atoms with Crippen LogP contribution in [0.3, 0.4) is 0 Å². The molecular formula is C28H20ClO2P. The number of phenols is 1. The molecule has 0 saturated carbocycles. The van der Waals surface area contributed by atoms with Gasteiger partial charge in [-0.15, -0.1) is 0 Å². The van der Waals surface area contributed by atoms with Crippen molar-refractivity contribution in [2.45, 2.75) is 0 Å². The van der Waals surface area contributed by atoms with Gasteiger partial charge in [0, 0.05) is 26.3 Å². The summed E-state index contributed by atoms with van der Waals surface area (Å²) >= 11 is 6.41. The van der Waals surface area contributed by atoms with E-state index in [1.54, 1.807) is 24.3 Å². The summed E-state index contributed by atoms with van der Waals surface area (Å²) in [7, 11) is -3.33. The molecule has 0 unspecified atom stereocenters. The van der Waals surface area contributed by atoms with Crippen molar-refractivity contribution in [2.75, 3.05) is 0 Å². The zero-order valence-corrected chi connectivity index (χ0v) is 18.8. The third-order valence-corrected chi connectivity index (χ3v) is 9.09. The Hall–Kier alpha value is -3.32. The van der Waals surface area contributed by atoms with Gasteiger partial charge in [-0.2, -0.15) is 0 Å². The normalized spacial score (nSPS) is 11.5. The van der Waals surface area contributed by atoms with E-state index in [-0.39, 0.29) is 5.75 Å². The SMILES string of the molecule is O=P(c1ccccc1)(c1ccccc1)c1c(-c2ccccc2)cc(O)c2ccc(Cl)cc12. The molecule has 0 heterocycles. The van der Waals surface area contributed by atoms with Crippen molar-refractivity contribution < 1.29 is 9.67 Å². The summed E-state index contributed by atoms with van der Waals surface area (Å²) in [5.74, 6) is 0.131. The number of halogens is 1. The molecule has 0 aliphatic carbocycles. The number of rotatable bonds is 4. The van der Waals surface area contributed by atoms with Gasteiger partial charge in [0.05, 0.1) is 0 Å². The number of aromatic hydroxyl groups is 1. The lowest BCUT2D eigenvalue weighted by molar-refractivity contribution is 0.482. The van der Waals surface area contributed by atoms with Crippen molar-refractivity contribution in [1.82, 2.24) is 0 Å². The highest BCUT2D eigenvalue weighted by atomic mass is 35.5. The fourth-order valence-corrected chi connectivity index (χ4v) is 7.45. The third-order valence-electron chi connectivity index (χ3n) is 5.69. The Morgan fingerprint density at radius 2 is 1.16 bits per heavy atom. The highest BCUT2D eigenvalue weighted by Crippen LogP contribution is 2.49. The van der Waals surface area contributed by atoms with Crippen LogP contribution in [0.5, 0.6) is 5.75 Å². The first kappa shape index (κ1) is 20.6. The summed E-state index contributed by atoms with van der Waals surface area (Å²) in [6, 6.07) is 35.9. The molecule has 5 aromatic carbocycles. The zero-order valence-electron chi connectivity index (χ0n) is 17.2. The minimum atomic E-state index is -3.33. The van der Waals surface area contributed by atoms with Crippen molar-refractivity contribution in [2.24, 2.45) is 0 Å². The Kier molecular flexibility index (Phi) is 5.35. The monoisotopic (exact) mass is 454 g/mol. The van der Waals surface area contributed by atoms with Crippen LogP contribution in [-0.2, 0) is 4.57 Å². The lowest BCUT2D eigenvalue weighted by atomic mass is 10.00. The first-order valence-corrected chi connectivity index (χ1v) is 12.4. The van der Waals surface area contributed by atoms with Crippen LogP contribution in [-0.4, -0.2) is 5.11 Å². The molecule has 0 radical (unpaired) electrons. The van der Waals surface area contributed by atoms with E-state index in [2.05, 4.69) is 0 Å². The van der Waals surface area contributed by atoms with E-state index in [4.69, 9.17) is 11.6 Å². The predicted molar refractivity (Wildman–Crippen MR) is 135 cm³/mol. The van der Waals surface area contributed by atoms with Crippen LogP contribution in [0.4, 0.5) is 0 Å². The highest BCUT2D eigenvalue weighted by molar-refractivity contribution is 7.86. The van der Waals surface area contributed by atoms with Crippen LogP contribution >= 0.6 is 18.7 Å². The van der Waals surface area contributed by atoms with Crippen LogP contribution in [0, 0.1) is 0 Å². The van der Waals surface area contributed by atoms with Crippen LogP contribution in [0.1, 0.15) is 0 Å². The Morgan fingerprint density at radius 3 is 1.72 bits per heavy atom. The maximum atomic E-state index is 15.3. The van der Waals surface area contributed by atoms with Gasteiger partial charge >= 0.3 is 0 Å². The van der Waals surface area contributed by atoms with Crippen molar-refractivity contribution >= 4 is 45.4 Å². The van der Waals surface area contributed by atoms with Gasteiger partial charge in [0.2, 0.25) is 0 Å². The average Bonchev–Trinajstić information content (AvgIpc) is 2.85. The van der Waals surface area contributed by atoms with Crippen LogP contribution in [0.25, 0.3) is 21.9 Å². The largest absolute Gasteiger partial charge is 0.507 e. The van der Waals surface area contributed by atoms with Gasteiger partial charge in [-0.3, -0.25) is 0 Å². The van der Waals surface area contributed by atoms with Gasteiger partial charge in [-0.1, -0.05) is 103 Å². The van der Waals surface area contributed by atoms with E-state index in [0.717, 1.165) is 21.7 Å². The number of phenolic OH excluding ortho intramolecular Hbond substituents is 1. The fraction of sp³-hybridized carbons (Fsp3) is 0. The topological polar surface area (TPSA) is 37.3 Å². The molecule has 0 aliphatic rings. The smallest absolute Gasteiger partial charge is 0.172 e. The predicted octanol–water partition coefficient (Wildman–Crippen LogP) is 6.51. The molecule has 5 rings (SSSR count). The van der Waals surface area contributed by atoms with Crippen LogP contribution in [0.15, 0.2) is 115 Å². The highest BCUT2D eigenvalue weighted by Gasteiger charge is 2.34. The summed E-state index contributed by atoms with van der Waals surface area (Å²) < 4.78 is 15.3. The standard InChI is InChI=1S/C28H20ClO2P/c29-21-16-17-24-26(18-21)28(25(19-27(24)30)20-10-4-1-5-11-20)32(31,22-12-6-2-7-13-22)23-14-8-3-9-15-23/h1-19,30H.